The van der Waals surface area contributed by atoms with Gasteiger partial charge in [-0.1, -0.05) is 52.3 Å². The third kappa shape index (κ3) is 8.60. The summed E-state index contributed by atoms with van der Waals surface area (Å²) in [5.41, 5.74) is 9.17. The summed E-state index contributed by atoms with van der Waals surface area (Å²) in [6, 6.07) is 10.4. The molecule has 1 saturated carbocycles. The van der Waals surface area contributed by atoms with E-state index in [4.69, 9.17) is 16.4 Å². The van der Waals surface area contributed by atoms with Gasteiger partial charge in [-0.3, -0.25) is 4.79 Å². The number of nitrogens with zero attached hydrogens (tertiary/aromatic N) is 1. The number of halogens is 1. The molecule has 0 heterocycles. The number of benzene rings is 1. The van der Waals surface area contributed by atoms with Gasteiger partial charge in [0, 0.05) is 23.6 Å². The standard InChI is InChI=1S/C18H27BrN4.C2H4O2/c1-3-16(23(21)12-15-9-10-15)18(20)17(19)13(2)22-11-14-7-5-4-6-8-14;1-4-2-3/h3-8,13,15,22H,9-12,20-21H2,1-2H3;2H,1H3/b16-3+,18-17-;. The fourth-order valence-corrected chi connectivity index (χ4v) is 2.83. The third-order valence-electron chi connectivity index (χ3n) is 4.20. The summed E-state index contributed by atoms with van der Waals surface area (Å²) >= 11 is 3.64. The zero-order chi connectivity index (χ0) is 20.2. The Morgan fingerprint density at radius 1 is 1.41 bits per heavy atom. The van der Waals surface area contributed by atoms with Crippen LogP contribution < -0.4 is 16.9 Å². The van der Waals surface area contributed by atoms with Crippen LogP contribution in [0, 0.1) is 5.92 Å². The van der Waals surface area contributed by atoms with E-state index in [1.54, 1.807) is 5.01 Å². The first-order valence-corrected chi connectivity index (χ1v) is 9.81. The first-order chi connectivity index (χ1) is 12.9. The minimum atomic E-state index is 0.111. The van der Waals surface area contributed by atoms with E-state index in [-0.39, 0.29) is 6.04 Å². The van der Waals surface area contributed by atoms with E-state index < -0.39 is 0 Å². The molecule has 150 valence electrons. The van der Waals surface area contributed by atoms with Crippen molar-refractivity contribution >= 4 is 22.4 Å². The van der Waals surface area contributed by atoms with Crippen LogP contribution in [0.25, 0.3) is 0 Å². The second kappa shape index (κ2) is 12.5. The van der Waals surface area contributed by atoms with Crippen molar-refractivity contribution in [2.75, 3.05) is 13.7 Å². The maximum Gasteiger partial charge on any atom is 0.292 e. The Hall–Kier alpha value is -1.83. The number of carbonyl (C=O) groups excluding carboxylic acids is 1. The molecule has 0 amide bonds. The maximum absolute atomic E-state index is 8.95. The Bertz CT molecular complexity index is 630. The quantitative estimate of drug-likeness (QED) is 0.237. The van der Waals surface area contributed by atoms with Gasteiger partial charge < -0.3 is 20.8 Å². The molecule has 0 radical (unpaired) electrons. The Kier molecular flexibility index (Phi) is 10.8. The molecular weight excluding hydrogens is 408 g/mol. The Labute approximate surface area is 170 Å². The summed E-state index contributed by atoms with van der Waals surface area (Å²) in [4.78, 5) is 8.95. The van der Waals surface area contributed by atoms with Gasteiger partial charge in [-0.25, -0.2) is 5.84 Å². The van der Waals surface area contributed by atoms with Crippen LogP contribution in [-0.2, 0) is 16.1 Å². The Balaban J connectivity index is 0.000000828. The van der Waals surface area contributed by atoms with Gasteiger partial charge in [-0.2, -0.15) is 0 Å². The molecule has 0 saturated heterocycles. The predicted molar refractivity (Wildman–Crippen MR) is 113 cm³/mol. The molecule has 2 rings (SSSR count). The highest BCUT2D eigenvalue weighted by atomic mass is 79.9. The molecular formula is C20H31BrN4O2. The van der Waals surface area contributed by atoms with Crippen LogP contribution in [0.15, 0.2) is 52.3 Å². The molecule has 1 aromatic rings. The average Bonchev–Trinajstić information content (AvgIpc) is 3.50. The van der Waals surface area contributed by atoms with Crippen LogP contribution in [0.5, 0.6) is 0 Å². The van der Waals surface area contributed by atoms with Crippen molar-refractivity contribution < 1.29 is 9.53 Å². The van der Waals surface area contributed by atoms with Gasteiger partial charge in [0.05, 0.1) is 18.5 Å². The average molecular weight is 439 g/mol. The van der Waals surface area contributed by atoms with Crippen LogP contribution >= 0.6 is 15.9 Å². The van der Waals surface area contributed by atoms with Crippen LogP contribution in [0.3, 0.4) is 0 Å². The lowest BCUT2D eigenvalue weighted by molar-refractivity contribution is -0.126. The highest BCUT2D eigenvalue weighted by molar-refractivity contribution is 9.11. The molecule has 1 atom stereocenters. The van der Waals surface area contributed by atoms with Gasteiger partial charge in [-0.05, 0) is 38.2 Å². The Morgan fingerprint density at radius 2 is 2.00 bits per heavy atom. The highest BCUT2D eigenvalue weighted by Gasteiger charge is 2.25. The van der Waals surface area contributed by atoms with Crippen molar-refractivity contribution in [3.8, 4) is 0 Å². The lowest BCUT2D eigenvalue weighted by Crippen LogP contribution is -2.36. The number of methoxy groups -OCH3 is 1. The maximum atomic E-state index is 8.95. The molecule has 1 unspecified atom stereocenters. The van der Waals surface area contributed by atoms with Crippen molar-refractivity contribution in [2.45, 2.75) is 39.3 Å². The number of carbonyl (C=O) groups is 1. The van der Waals surface area contributed by atoms with E-state index in [2.05, 4.69) is 45.0 Å². The monoisotopic (exact) mass is 438 g/mol. The van der Waals surface area contributed by atoms with E-state index in [1.807, 2.05) is 31.2 Å². The number of nitrogens with one attached hydrogen (secondary N) is 1. The van der Waals surface area contributed by atoms with Gasteiger partial charge >= 0.3 is 0 Å². The second-order valence-electron chi connectivity index (χ2n) is 6.45. The van der Waals surface area contributed by atoms with E-state index >= 15 is 0 Å². The van der Waals surface area contributed by atoms with E-state index in [0.29, 0.717) is 12.2 Å². The second-order valence-corrected chi connectivity index (χ2v) is 7.31. The van der Waals surface area contributed by atoms with Crippen molar-refractivity contribution in [3.05, 3.63) is 57.8 Å². The lowest BCUT2D eigenvalue weighted by Gasteiger charge is -2.24. The first kappa shape index (κ1) is 23.2. The van der Waals surface area contributed by atoms with Crippen molar-refractivity contribution in [3.63, 3.8) is 0 Å². The molecule has 0 aliphatic heterocycles. The summed E-state index contributed by atoms with van der Waals surface area (Å²) in [6.45, 7) is 6.10. The summed E-state index contributed by atoms with van der Waals surface area (Å²) < 4.78 is 4.80. The highest BCUT2D eigenvalue weighted by Crippen LogP contribution is 2.31. The molecule has 1 aromatic carbocycles. The molecule has 7 heteroatoms. The summed E-state index contributed by atoms with van der Waals surface area (Å²) in [5.74, 6) is 6.90. The van der Waals surface area contributed by atoms with Gasteiger partial charge in [0.25, 0.3) is 6.47 Å². The third-order valence-corrected chi connectivity index (χ3v) is 5.31. The van der Waals surface area contributed by atoms with E-state index in [1.165, 1.54) is 25.5 Å². The molecule has 1 fully saturated rings. The number of hydrazine groups is 1. The zero-order valence-electron chi connectivity index (χ0n) is 16.3. The van der Waals surface area contributed by atoms with Crippen LogP contribution in [0.2, 0.25) is 0 Å². The van der Waals surface area contributed by atoms with Crippen molar-refractivity contribution in [1.82, 2.24) is 10.3 Å². The normalized spacial score (nSPS) is 15.8. The molecule has 6 nitrogen and oxygen atoms in total. The predicted octanol–water partition coefficient (Wildman–Crippen LogP) is 3.01. The van der Waals surface area contributed by atoms with Gasteiger partial charge in [0.2, 0.25) is 0 Å². The van der Waals surface area contributed by atoms with Crippen molar-refractivity contribution in [2.24, 2.45) is 17.5 Å². The molecule has 1 aliphatic carbocycles. The number of nitrogens with two attached hydrogens (primary N) is 2. The molecule has 27 heavy (non-hydrogen) atoms. The van der Waals surface area contributed by atoms with Crippen LogP contribution in [0.1, 0.15) is 32.3 Å². The summed E-state index contributed by atoms with van der Waals surface area (Å²) in [7, 11) is 1.31. The number of ether oxygens (including phenoxy) is 1. The zero-order valence-corrected chi connectivity index (χ0v) is 17.9. The lowest BCUT2D eigenvalue weighted by atomic mass is 10.2. The van der Waals surface area contributed by atoms with E-state index in [9.17, 15) is 0 Å². The van der Waals surface area contributed by atoms with Gasteiger partial charge in [0.15, 0.2) is 0 Å². The van der Waals surface area contributed by atoms with Crippen LogP contribution in [-0.4, -0.2) is 31.2 Å². The van der Waals surface area contributed by atoms with Crippen molar-refractivity contribution in [1.29, 1.82) is 0 Å². The van der Waals surface area contributed by atoms with Gasteiger partial charge in [0.1, 0.15) is 0 Å². The fourth-order valence-electron chi connectivity index (χ4n) is 2.46. The minimum Gasteiger partial charge on any atom is -0.471 e. The molecule has 5 N–H and O–H groups in total. The SMILES string of the molecule is C/C=C(\C(N)=C(\Br)C(C)NCc1ccccc1)N(N)CC1CC1.COC=O. The topological polar surface area (TPSA) is 93.6 Å². The first-order valence-electron chi connectivity index (χ1n) is 9.02. The molecule has 0 bridgehead atoms. The fraction of sp³-hybridized carbons (Fsp3) is 0.450. The number of rotatable bonds is 9. The smallest absolute Gasteiger partial charge is 0.292 e. The number of hydrogen-bond donors (Lipinski definition) is 3. The van der Waals surface area contributed by atoms with Crippen LogP contribution in [0.4, 0.5) is 0 Å². The summed E-state index contributed by atoms with van der Waals surface area (Å²) in [5, 5.41) is 5.26. The largest absolute Gasteiger partial charge is 0.471 e. The number of allylic oxidation sites excluding steroid dienone is 1. The van der Waals surface area contributed by atoms with Gasteiger partial charge in [-0.15, -0.1) is 0 Å². The molecule has 1 aliphatic rings. The van der Waals surface area contributed by atoms with E-state index in [0.717, 1.165) is 29.2 Å². The Morgan fingerprint density at radius 3 is 2.48 bits per heavy atom. The summed E-state index contributed by atoms with van der Waals surface area (Å²) in [6.07, 6.45) is 4.51. The molecule has 0 spiro atoms. The number of hydrogen-bond acceptors (Lipinski definition) is 6. The molecule has 0 aromatic heterocycles. The minimum absolute atomic E-state index is 0.111.